The van der Waals surface area contributed by atoms with Gasteiger partial charge in [0.25, 0.3) is 32.1 Å². The van der Waals surface area contributed by atoms with Crippen molar-refractivity contribution in [3.8, 4) is 11.3 Å². The number of fused-ring (bicyclic) bond motifs is 2. The minimum Gasteiger partial charge on any atom is -0.390 e. The quantitative estimate of drug-likeness (QED) is 0.108. The van der Waals surface area contributed by atoms with Gasteiger partial charge in [0, 0.05) is 48.4 Å². The highest BCUT2D eigenvalue weighted by atomic mass is 32.2. The molecule has 3 N–H and O–H groups in total. The van der Waals surface area contributed by atoms with E-state index in [2.05, 4.69) is 26.0 Å². The molecule has 286 valence electrons. The molecule has 1 fully saturated rings. The molecule has 0 radical (unpaired) electrons. The first-order valence-electron chi connectivity index (χ1n) is 16.5. The highest BCUT2D eigenvalue weighted by Gasteiger charge is 2.54. The summed E-state index contributed by atoms with van der Waals surface area (Å²) >= 11 is 0. The van der Waals surface area contributed by atoms with Gasteiger partial charge in [-0.15, -0.1) is 5.06 Å². The molecule has 53 heavy (non-hydrogen) atoms. The van der Waals surface area contributed by atoms with Crippen LogP contribution in [-0.4, -0.2) is 126 Å². The highest BCUT2D eigenvalue weighted by molar-refractivity contribution is 7.87. The predicted octanol–water partition coefficient (Wildman–Crippen LogP) is 1.41. The Kier molecular flexibility index (Phi) is 10.7. The van der Waals surface area contributed by atoms with E-state index in [0.717, 1.165) is 27.5 Å². The van der Waals surface area contributed by atoms with E-state index in [-0.39, 0.29) is 22.9 Å². The monoisotopic (exact) mass is 782 g/mol. The number of rotatable bonds is 14. The number of quaternary nitrogens is 1. The third-order valence-corrected chi connectivity index (χ3v) is 10.8. The standard InChI is InChI=1S/C32H38BF2N5O11S2/c1-20-15-23(12-13-29(41)36-24(19-52(45,46)47)32(44)51-39-30(42)18-28(31(39)43)53(48,49)50)37-25(20)17-27-22(11-8-14-40(2,3)4)16-26(38(27)33(37,34)35)21-9-6-5-7-10-21/h5-7,9-10,15-17,24,28H,8,11-14,18-19H2,1-4H3,(H2-,36,41,45,46,47,48,49,50)/p+1. The zero-order valence-electron chi connectivity index (χ0n) is 29.2. The zero-order valence-corrected chi connectivity index (χ0v) is 30.9. The second-order valence-corrected chi connectivity index (χ2v) is 17.2. The molecule has 3 aliphatic rings. The summed E-state index contributed by atoms with van der Waals surface area (Å²) in [5, 5.41) is -0.577. The summed E-state index contributed by atoms with van der Waals surface area (Å²) in [5.74, 6) is -7.30. The number of carbonyl (C=O) groups excluding carboxylic acids is 4. The van der Waals surface area contributed by atoms with Crippen LogP contribution in [-0.2, 0) is 50.7 Å². The van der Waals surface area contributed by atoms with Crippen molar-refractivity contribution < 1.29 is 67.6 Å². The van der Waals surface area contributed by atoms with Gasteiger partial charge in [-0.05, 0) is 30.5 Å². The lowest BCUT2D eigenvalue weighted by Crippen LogP contribution is -2.51. The molecule has 21 heteroatoms. The van der Waals surface area contributed by atoms with Gasteiger partial charge in [-0.3, -0.25) is 23.5 Å². The van der Waals surface area contributed by atoms with Crippen LogP contribution in [0.4, 0.5) is 8.63 Å². The van der Waals surface area contributed by atoms with Crippen LogP contribution in [0.15, 0.2) is 53.7 Å². The van der Waals surface area contributed by atoms with Crippen molar-refractivity contribution in [2.24, 2.45) is 0 Å². The molecule has 16 nitrogen and oxygen atoms in total. The fourth-order valence-electron chi connectivity index (χ4n) is 6.54. The lowest BCUT2D eigenvalue weighted by Gasteiger charge is -2.31. The molecule has 1 aromatic carbocycles. The van der Waals surface area contributed by atoms with E-state index < -0.39 is 80.8 Å². The summed E-state index contributed by atoms with van der Waals surface area (Å²) in [7, 11) is -3.94. The van der Waals surface area contributed by atoms with Gasteiger partial charge in [-0.1, -0.05) is 30.3 Å². The number of hydrogen-bond acceptors (Lipinski definition) is 9. The third-order valence-electron chi connectivity index (χ3n) is 8.96. The normalized spacial score (nSPS) is 19.1. The predicted molar refractivity (Wildman–Crippen MR) is 187 cm³/mol. The summed E-state index contributed by atoms with van der Waals surface area (Å²) < 4.78 is 101. The largest absolute Gasteiger partial charge is 0.737 e. The van der Waals surface area contributed by atoms with Crippen molar-refractivity contribution in [3.63, 3.8) is 0 Å². The molecule has 3 amide bonds. The number of hydrogen-bond donors (Lipinski definition) is 3. The van der Waals surface area contributed by atoms with E-state index in [4.69, 9.17) is 0 Å². The SMILES string of the molecule is CC1=CC(CCC(=O)NC(CS(=O)(=O)O)C(=O)ON2C(=O)CC(S(=O)(=O)O)C2=O)=[N+]2C1=Cc1c(CCC[N+](C)(C)C)cc(-c3ccccc3)n1[B-]2(F)F. The first-order valence-corrected chi connectivity index (χ1v) is 19.6. The number of aromatic nitrogens is 1. The minimum atomic E-state index is -5.08. The van der Waals surface area contributed by atoms with Gasteiger partial charge in [-0.25, -0.2) is 4.79 Å². The number of nitrogens with zero attached hydrogens (tertiary/aromatic N) is 4. The number of allylic oxidation sites excluding steroid dienone is 2. The molecule has 0 spiro atoms. The molecule has 0 saturated carbocycles. The summed E-state index contributed by atoms with van der Waals surface area (Å²) in [4.78, 5) is 54.9. The Hall–Kier alpha value is -4.57. The lowest BCUT2D eigenvalue weighted by molar-refractivity contribution is -0.870. The zero-order chi connectivity index (χ0) is 39.3. The van der Waals surface area contributed by atoms with Crippen molar-refractivity contribution >= 4 is 62.7 Å². The Morgan fingerprint density at radius 3 is 2.32 bits per heavy atom. The van der Waals surface area contributed by atoms with Crippen LogP contribution in [0.2, 0.25) is 0 Å². The number of hydroxylamine groups is 2. The molecule has 2 aromatic rings. The van der Waals surface area contributed by atoms with E-state index in [1.165, 1.54) is 6.08 Å². The number of benzene rings is 1. The fourth-order valence-corrected chi connectivity index (χ4v) is 7.89. The number of amides is 3. The van der Waals surface area contributed by atoms with E-state index in [1.54, 1.807) is 49.4 Å². The molecule has 2 atom stereocenters. The van der Waals surface area contributed by atoms with Gasteiger partial charge in [0.15, 0.2) is 10.9 Å². The van der Waals surface area contributed by atoms with Crippen molar-refractivity contribution in [1.82, 2.24) is 14.9 Å². The summed E-state index contributed by atoms with van der Waals surface area (Å²) in [6.45, 7) is -2.06. The summed E-state index contributed by atoms with van der Waals surface area (Å²) in [6.07, 6.45) is 2.53. The second kappa shape index (κ2) is 14.3. The number of aryl methyl sites for hydroxylation is 1. The van der Waals surface area contributed by atoms with E-state index >= 15 is 8.63 Å². The molecule has 0 aliphatic carbocycles. The Balaban J connectivity index is 1.39. The number of halogens is 2. The maximum Gasteiger partial charge on any atom is 0.737 e. The third kappa shape index (κ3) is 8.64. The molecular weight excluding hydrogens is 743 g/mol. The van der Waals surface area contributed by atoms with E-state index in [1.807, 2.05) is 5.32 Å². The number of nitrogens with one attached hydrogen (secondary N) is 1. The average Bonchev–Trinajstić information content (AvgIpc) is 3.67. The van der Waals surface area contributed by atoms with Crippen LogP contribution in [0.5, 0.6) is 0 Å². The van der Waals surface area contributed by atoms with E-state index in [0.29, 0.717) is 33.4 Å². The van der Waals surface area contributed by atoms with Gasteiger partial charge < -0.3 is 32.2 Å². The van der Waals surface area contributed by atoms with Crippen molar-refractivity contribution in [1.29, 1.82) is 0 Å². The number of imide groups is 1. The Morgan fingerprint density at radius 2 is 1.74 bits per heavy atom. The summed E-state index contributed by atoms with van der Waals surface area (Å²) in [5.41, 5.74) is 2.82. The molecule has 0 bridgehead atoms. The Morgan fingerprint density at radius 1 is 1.08 bits per heavy atom. The smallest absolute Gasteiger partial charge is 0.390 e. The molecule has 5 rings (SSSR count). The topological polar surface area (TPSA) is 209 Å². The Labute approximate surface area is 304 Å². The molecule has 3 aliphatic heterocycles. The first kappa shape index (κ1) is 39.6. The van der Waals surface area contributed by atoms with Gasteiger partial charge in [0.2, 0.25) is 5.91 Å². The molecular formula is C32H39BF2N5O11S2+. The highest BCUT2D eigenvalue weighted by Crippen LogP contribution is 2.40. The van der Waals surface area contributed by atoms with Crippen LogP contribution in [0, 0.1) is 0 Å². The molecule has 1 saturated heterocycles. The maximum absolute atomic E-state index is 16.9. The average molecular weight is 783 g/mol. The van der Waals surface area contributed by atoms with Crippen molar-refractivity contribution in [2.75, 3.05) is 33.4 Å². The van der Waals surface area contributed by atoms with Gasteiger partial charge >= 0.3 is 12.9 Å². The lowest BCUT2D eigenvalue weighted by atomic mass is 9.88. The molecule has 1 aromatic heterocycles. The molecule has 2 unspecified atom stereocenters. The van der Waals surface area contributed by atoms with Crippen LogP contribution in [0.1, 0.15) is 43.9 Å². The van der Waals surface area contributed by atoms with Crippen LogP contribution >= 0.6 is 0 Å². The number of carbonyl (C=O) groups is 4. The Bertz CT molecular complexity index is 2200. The van der Waals surface area contributed by atoms with Gasteiger partial charge in [0.1, 0.15) is 17.5 Å². The van der Waals surface area contributed by atoms with Crippen molar-refractivity contribution in [2.45, 2.75) is 50.3 Å². The van der Waals surface area contributed by atoms with Crippen LogP contribution in [0.25, 0.3) is 17.3 Å². The summed E-state index contributed by atoms with van der Waals surface area (Å²) in [6, 6.07) is 8.31. The minimum absolute atomic E-state index is 0.0530. The maximum atomic E-state index is 16.9. The second-order valence-electron chi connectivity index (χ2n) is 14.1. The van der Waals surface area contributed by atoms with Crippen LogP contribution < -0.4 is 5.32 Å². The fraction of sp³-hybridized carbons (Fsp3) is 0.406. The van der Waals surface area contributed by atoms with Crippen LogP contribution in [0.3, 0.4) is 0 Å². The van der Waals surface area contributed by atoms with Gasteiger partial charge in [0.05, 0.1) is 34.1 Å². The molecule has 4 heterocycles. The van der Waals surface area contributed by atoms with Gasteiger partial charge in [-0.2, -0.15) is 16.8 Å². The van der Waals surface area contributed by atoms with E-state index in [9.17, 15) is 45.1 Å². The van der Waals surface area contributed by atoms with Crippen molar-refractivity contribution in [3.05, 3.63) is 65.0 Å². The first-order chi connectivity index (χ1) is 24.5.